The van der Waals surface area contributed by atoms with E-state index in [4.69, 9.17) is 21.1 Å². The second-order valence-electron chi connectivity index (χ2n) is 7.31. The van der Waals surface area contributed by atoms with Gasteiger partial charge in [0.25, 0.3) is 0 Å². The number of allylic oxidation sites excluding steroid dienone is 3. The number of hydrogen-bond acceptors (Lipinski definition) is 6. The van der Waals surface area contributed by atoms with Crippen LogP contribution in [0.5, 0.6) is 0 Å². The number of hydrogen-bond donors (Lipinski definition) is 1. The van der Waals surface area contributed by atoms with Gasteiger partial charge in [-0.3, -0.25) is 9.59 Å². The molecule has 1 aromatic carbocycles. The van der Waals surface area contributed by atoms with E-state index in [-0.39, 0.29) is 18.3 Å². The van der Waals surface area contributed by atoms with Crippen molar-refractivity contribution in [1.29, 1.82) is 0 Å². The minimum Gasteiger partial charge on any atom is -0.468 e. The molecule has 1 N–H and O–H groups in total. The molecule has 0 radical (unpaired) electrons. The Labute approximate surface area is 174 Å². The van der Waals surface area contributed by atoms with E-state index in [1.165, 1.54) is 7.11 Å². The van der Waals surface area contributed by atoms with Gasteiger partial charge in [0, 0.05) is 27.9 Å². The fourth-order valence-electron chi connectivity index (χ4n) is 4.18. The first-order valence-corrected chi connectivity index (χ1v) is 9.93. The van der Waals surface area contributed by atoms with Crippen molar-refractivity contribution < 1.29 is 23.9 Å². The highest BCUT2D eigenvalue weighted by Crippen LogP contribution is 2.45. The summed E-state index contributed by atoms with van der Waals surface area (Å²) in [6.07, 6.45) is 0.491. The van der Waals surface area contributed by atoms with Gasteiger partial charge in [0.15, 0.2) is 5.78 Å². The lowest BCUT2D eigenvalue weighted by molar-refractivity contribution is -0.151. The molecule has 3 atom stereocenters. The Morgan fingerprint density at radius 2 is 2.03 bits per heavy atom. The van der Waals surface area contributed by atoms with Gasteiger partial charge in [0.1, 0.15) is 5.92 Å². The number of ketones is 1. The Morgan fingerprint density at radius 1 is 1.31 bits per heavy atom. The fraction of sp³-hybridized carbons (Fsp3) is 0.409. The number of esters is 2. The van der Waals surface area contributed by atoms with Crippen molar-refractivity contribution in [1.82, 2.24) is 5.32 Å². The van der Waals surface area contributed by atoms with E-state index < -0.39 is 23.8 Å². The van der Waals surface area contributed by atoms with Crippen molar-refractivity contribution >= 4 is 29.3 Å². The van der Waals surface area contributed by atoms with Crippen LogP contribution in [0, 0.1) is 11.8 Å². The summed E-state index contributed by atoms with van der Waals surface area (Å²) < 4.78 is 10.1. The second kappa shape index (κ2) is 8.41. The number of Topliss-reactive ketones (excluding diaryl/α,β-unsaturated/α-hetero) is 1. The molecule has 154 valence electrons. The zero-order valence-electron chi connectivity index (χ0n) is 16.9. The highest BCUT2D eigenvalue weighted by Gasteiger charge is 2.47. The highest BCUT2D eigenvalue weighted by atomic mass is 35.5. The molecule has 0 saturated carbocycles. The predicted molar refractivity (Wildman–Crippen MR) is 108 cm³/mol. The van der Waals surface area contributed by atoms with Crippen molar-refractivity contribution in [2.45, 2.75) is 33.1 Å². The van der Waals surface area contributed by atoms with Gasteiger partial charge in [-0.2, -0.15) is 0 Å². The monoisotopic (exact) mass is 417 g/mol. The molecule has 29 heavy (non-hydrogen) atoms. The van der Waals surface area contributed by atoms with Crippen molar-refractivity contribution in [3.63, 3.8) is 0 Å². The van der Waals surface area contributed by atoms with Gasteiger partial charge in [-0.05, 0) is 43.9 Å². The molecule has 1 aromatic rings. The Balaban J connectivity index is 2.19. The maximum absolute atomic E-state index is 13.5. The summed E-state index contributed by atoms with van der Waals surface area (Å²) >= 11 is 6.20. The average molecular weight is 418 g/mol. The van der Waals surface area contributed by atoms with Crippen LogP contribution in [0.3, 0.4) is 0 Å². The fourth-order valence-corrected chi connectivity index (χ4v) is 4.38. The van der Waals surface area contributed by atoms with Gasteiger partial charge in [-0.1, -0.05) is 30.7 Å². The Kier molecular flexibility index (Phi) is 6.13. The third-order valence-corrected chi connectivity index (χ3v) is 5.66. The zero-order valence-corrected chi connectivity index (χ0v) is 17.6. The summed E-state index contributed by atoms with van der Waals surface area (Å²) in [6.45, 7) is 5.57. The number of halogens is 1. The third-order valence-electron chi connectivity index (χ3n) is 5.42. The van der Waals surface area contributed by atoms with Crippen LogP contribution in [0.25, 0.3) is 0 Å². The maximum atomic E-state index is 13.5. The van der Waals surface area contributed by atoms with Crippen LogP contribution in [-0.4, -0.2) is 31.4 Å². The van der Waals surface area contributed by atoms with Crippen LogP contribution in [0.4, 0.5) is 0 Å². The van der Waals surface area contributed by atoms with Gasteiger partial charge in [-0.25, -0.2) is 4.79 Å². The summed E-state index contributed by atoms with van der Waals surface area (Å²) in [5, 5.41) is 3.70. The molecule has 0 spiro atoms. The summed E-state index contributed by atoms with van der Waals surface area (Å²) in [5.74, 6) is -3.21. The van der Waals surface area contributed by atoms with Crippen molar-refractivity contribution in [2.24, 2.45) is 11.8 Å². The highest BCUT2D eigenvalue weighted by molar-refractivity contribution is 6.30. The number of nitrogens with one attached hydrogen (secondary N) is 1. The normalized spacial score (nSPS) is 24.0. The largest absolute Gasteiger partial charge is 0.468 e. The van der Waals surface area contributed by atoms with E-state index >= 15 is 0 Å². The number of benzene rings is 1. The van der Waals surface area contributed by atoms with E-state index in [0.717, 1.165) is 5.70 Å². The molecular formula is C22H24ClNO5. The lowest BCUT2D eigenvalue weighted by atomic mass is 9.69. The first kappa shape index (κ1) is 21.1. The Bertz CT molecular complexity index is 933. The summed E-state index contributed by atoms with van der Waals surface area (Å²) in [7, 11) is 1.27. The third kappa shape index (κ3) is 3.81. The minimum absolute atomic E-state index is 0.208. The number of dihydropyridines is 1. The number of ether oxygens (including phenoxy) is 2. The minimum atomic E-state index is -0.913. The molecule has 0 fully saturated rings. The number of carbonyl (C=O) groups is 3. The van der Waals surface area contributed by atoms with E-state index in [0.29, 0.717) is 33.9 Å². The van der Waals surface area contributed by atoms with Crippen LogP contribution in [0.2, 0.25) is 5.02 Å². The Morgan fingerprint density at radius 3 is 2.66 bits per heavy atom. The summed E-state index contributed by atoms with van der Waals surface area (Å²) in [5.41, 5.74) is 2.79. The van der Waals surface area contributed by atoms with Crippen molar-refractivity contribution in [2.75, 3.05) is 13.7 Å². The molecule has 1 heterocycles. The molecule has 1 aliphatic carbocycles. The molecule has 0 amide bonds. The molecule has 0 unspecified atom stereocenters. The van der Waals surface area contributed by atoms with Gasteiger partial charge in [0.2, 0.25) is 0 Å². The second-order valence-corrected chi connectivity index (χ2v) is 7.75. The number of rotatable bonds is 4. The molecule has 6 nitrogen and oxygen atoms in total. The number of carbonyl (C=O) groups excluding carboxylic acids is 3. The van der Waals surface area contributed by atoms with Crippen molar-refractivity contribution in [3.05, 3.63) is 57.4 Å². The Hall–Kier alpha value is -2.60. The van der Waals surface area contributed by atoms with E-state index in [9.17, 15) is 14.4 Å². The first-order chi connectivity index (χ1) is 13.8. The number of methoxy groups -OCH3 is 1. The molecule has 3 rings (SSSR count). The van der Waals surface area contributed by atoms with Crippen molar-refractivity contribution in [3.8, 4) is 0 Å². The van der Waals surface area contributed by atoms with E-state index in [2.05, 4.69) is 5.32 Å². The summed E-state index contributed by atoms with van der Waals surface area (Å²) in [6, 6.07) is 7.04. The predicted octanol–water partition coefficient (Wildman–Crippen LogP) is 3.52. The quantitative estimate of drug-likeness (QED) is 0.596. The first-order valence-electron chi connectivity index (χ1n) is 9.55. The molecular weight excluding hydrogens is 394 g/mol. The van der Waals surface area contributed by atoms with Crippen LogP contribution in [-0.2, 0) is 23.9 Å². The van der Waals surface area contributed by atoms with E-state index in [1.54, 1.807) is 32.0 Å². The van der Waals surface area contributed by atoms with Crippen LogP contribution >= 0.6 is 11.6 Å². The standard InChI is InChI=1S/C22H24ClNO5/c1-5-29-22(27)17-12(3)24-15-9-11(2)16(21(26)28-4)20(25)19(15)18(17)13-7-6-8-14(23)10-13/h6-8,10-11,16,18,24H,5,9H2,1-4H3/t11-,16+,18+/m1/s1. The molecule has 0 saturated heterocycles. The molecule has 1 aliphatic heterocycles. The van der Waals surface area contributed by atoms with E-state index in [1.807, 2.05) is 13.0 Å². The zero-order chi connectivity index (χ0) is 21.3. The molecule has 7 heteroatoms. The molecule has 0 aromatic heterocycles. The van der Waals surface area contributed by atoms with Gasteiger partial charge >= 0.3 is 11.9 Å². The van der Waals surface area contributed by atoms with Gasteiger partial charge in [0.05, 0.1) is 19.3 Å². The lowest BCUT2D eigenvalue weighted by Crippen LogP contribution is -2.43. The SMILES string of the molecule is CCOC(=O)C1=C(C)NC2=C(C(=O)[C@@H](C(=O)OC)[C@H](C)C2)[C@H]1c1cccc(Cl)c1. The summed E-state index contributed by atoms with van der Waals surface area (Å²) in [4.78, 5) is 38.6. The van der Waals surface area contributed by atoms with Gasteiger partial charge < -0.3 is 14.8 Å². The molecule has 0 bridgehead atoms. The molecule has 2 aliphatic rings. The lowest BCUT2D eigenvalue weighted by Gasteiger charge is -2.38. The van der Waals surface area contributed by atoms with Crippen LogP contribution in [0.15, 0.2) is 46.8 Å². The maximum Gasteiger partial charge on any atom is 0.336 e. The average Bonchev–Trinajstić information content (AvgIpc) is 2.66. The smallest absolute Gasteiger partial charge is 0.336 e. The van der Waals surface area contributed by atoms with Crippen LogP contribution < -0.4 is 5.32 Å². The topological polar surface area (TPSA) is 81.7 Å². The van der Waals surface area contributed by atoms with Crippen LogP contribution in [0.1, 0.15) is 38.7 Å². The van der Waals surface area contributed by atoms with Gasteiger partial charge in [-0.15, -0.1) is 0 Å².